The lowest BCUT2D eigenvalue weighted by Crippen LogP contribution is -2.13. The van der Waals surface area contributed by atoms with E-state index in [2.05, 4.69) is 6.07 Å². The number of nitrogens with zero attached hydrogens (tertiary/aromatic N) is 1. The minimum absolute atomic E-state index is 0.271. The molecule has 0 atom stereocenters. The molecule has 0 saturated heterocycles. The fourth-order valence-electron chi connectivity index (χ4n) is 1.05. The van der Waals surface area contributed by atoms with E-state index >= 15 is 0 Å². The first kappa shape index (κ1) is 12.4. The number of hydrogen-bond acceptors (Lipinski definition) is 2. The van der Waals surface area contributed by atoms with Gasteiger partial charge in [-0.3, -0.25) is 0 Å². The van der Waals surface area contributed by atoms with Crippen molar-refractivity contribution >= 4 is 0 Å². The second-order valence-corrected chi connectivity index (χ2v) is 4.17. The Balaban J connectivity index is 2.50. The topological polar surface area (TPSA) is 33.0 Å². The van der Waals surface area contributed by atoms with Crippen LogP contribution >= 0.6 is 0 Å². The Hall–Kier alpha value is -1.63. The van der Waals surface area contributed by atoms with Crippen LogP contribution in [0.15, 0.2) is 18.2 Å². The van der Waals surface area contributed by atoms with Gasteiger partial charge in [0.05, 0.1) is 18.1 Å². The van der Waals surface area contributed by atoms with Crippen molar-refractivity contribution in [3.63, 3.8) is 0 Å². The third-order valence-electron chi connectivity index (χ3n) is 2.19. The van der Waals surface area contributed by atoms with Gasteiger partial charge in [-0.15, -0.1) is 0 Å². The van der Waals surface area contributed by atoms with E-state index in [0.717, 1.165) is 12.1 Å². The predicted molar refractivity (Wildman–Crippen MR) is 55.9 cm³/mol. The molecule has 0 aliphatic carbocycles. The van der Waals surface area contributed by atoms with Gasteiger partial charge in [0, 0.05) is 6.07 Å². The molecule has 4 heteroatoms. The molecule has 0 aliphatic heterocycles. The van der Waals surface area contributed by atoms with Crippen LogP contribution in [0.4, 0.5) is 8.78 Å². The minimum Gasteiger partial charge on any atom is -0.493 e. The van der Waals surface area contributed by atoms with Crippen molar-refractivity contribution in [2.45, 2.75) is 20.3 Å². The highest BCUT2D eigenvalue weighted by atomic mass is 19.2. The molecule has 86 valence electrons. The van der Waals surface area contributed by atoms with Crippen LogP contribution in [0.3, 0.4) is 0 Å². The average Bonchev–Trinajstić information content (AvgIpc) is 2.23. The Morgan fingerprint density at radius 3 is 2.56 bits per heavy atom. The molecule has 2 nitrogen and oxygen atoms in total. The summed E-state index contributed by atoms with van der Waals surface area (Å²) in [6, 6.07) is 5.50. The number of ether oxygens (including phenoxy) is 1. The highest BCUT2D eigenvalue weighted by Gasteiger charge is 2.16. The molecular formula is C12H13F2NO. The van der Waals surface area contributed by atoms with Crippen LogP contribution in [0, 0.1) is 28.4 Å². The molecule has 0 aliphatic rings. The van der Waals surface area contributed by atoms with E-state index in [4.69, 9.17) is 10.00 Å². The fraction of sp³-hybridized carbons (Fsp3) is 0.417. The number of benzene rings is 1. The molecule has 0 N–H and O–H groups in total. The molecular weight excluding hydrogens is 212 g/mol. The molecule has 0 bridgehead atoms. The molecule has 16 heavy (non-hydrogen) atoms. The van der Waals surface area contributed by atoms with Gasteiger partial charge in [-0.1, -0.05) is 0 Å². The van der Waals surface area contributed by atoms with Crippen LogP contribution in [0.1, 0.15) is 20.3 Å². The molecule has 1 rings (SSSR count). The van der Waals surface area contributed by atoms with Crippen LogP contribution in [0.25, 0.3) is 0 Å². The highest BCUT2D eigenvalue weighted by Crippen LogP contribution is 2.20. The molecule has 0 aromatic heterocycles. The van der Waals surface area contributed by atoms with Gasteiger partial charge in [-0.05, 0) is 32.4 Å². The first-order valence-electron chi connectivity index (χ1n) is 4.94. The Morgan fingerprint density at radius 1 is 1.31 bits per heavy atom. The van der Waals surface area contributed by atoms with Crippen LogP contribution in [0.5, 0.6) is 5.75 Å². The van der Waals surface area contributed by atoms with Gasteiger partial charge in [-0.2, -0.15) is 5.26 Å². The van der Waals surface area contributed by atoms with Gasteiger partial charge in [0.25, 0.3) is 0 Å². The Kier molecular flexibility index (Phi) is 3.83. The molecule has 0 amide bonds. The third kappa shape index (κ3) is 3.50. The van der Waals surface area contributed by atoms with Crippen molar-refractivity contribution in [3.05, 3.63) is 29.8 Å². The molecule has 0 fully saturated rings. The van der Waals surface area contributed by atoms with Crippen LogP contribution in [0.2, 0.25) is 0 Å². The SMILES string of the molecule is CC(C)(C#N)CCOc1ccc(F)c(F)c1. The highest BCUT2D eigenvalue weighted by molar-refractivity contribution is 5.23. The number of rotatable bonds is 4. The second-order valence-electron chi connectivity index (χ2n) is 4.17. The van der Waals surface area contributed by atoms with Crippen molar-refractivity contribution in [2.75, 3.05) is 6.61 Å². The van der Waals surface area contributed by atoms with Crippen LogP contribution < -0.4 is 4.74 Å². The normalized spacial score (nSPS) is 10.9. The van der Waals surface area contributed by atoms with E-state index < -0.39 is 17.0 Å². The number of nitriles is 1. The molecule has 0 unspecified atom stereocenters. The summed E-state index contributed by atoms with van der Waals surface area (Å²) in [5.74, 6) is -1.56. The Bertz CT molecular complexity index is 410. The van der Waals surface area contributed by atoms with Gasteiger partial charge in [-0.25, -0.2) is 8.78 Å². The average molecular weight is 225 g/mol. The maximum Gasteiger partial charge on any atom is 0.162 e. The summed E-state index contributed by atoms with van der Waals surface area (Å²) >= 11 is 0. The fourth-order valence-corrected chi connectivity index (χ4v) is 1.05. The maximum absolute atomic E-state index is 12.8. The zero-order chi connectivity index (χ0) is 12.2. The van der Waals surface area contributed by atoms with Gasteiger partial charge < -0.3 is 4.74 Å². The Labute approximate surface area is 93.5 Å². The van der Waals surface area contributed by atoms with Gasteiger partial charge in [0.2, 0.25) is 0 Å². The molecule has 0 heterocycles. The largest absolute Gasteiger partial charge is 0.493 e. The van der Waals surface area contributed by atoms with Gasteiger partial charge in [0.1, 0.15) is 5.75 Å². The zero-order valence-corrected chi connectivity index (χ0v) is 9.26. The standard InChI is InChI=1S/C12H13F2NO/c1-12(2,8-15)5-6-16-9-3-4-10(13)11(14)7-9/h3-4,7H,5-6H2,1-2H3. The maximum atomic E-state index is 12.8. The van der Waals surface area contributed by atoms with E-state index in [9.17, 15) is 8.78 Å². The smallest absolute Gasteiger partial charge is 0.162 e. The first-order chi connectivity index (χ1) is 7.44. The second kappa shape index (κ2) is 4.93. The third-order valence-corrected chi connectivity index (χ3v) is 2.19. The monoisotopic (exact) mass is 225 g/mol. The predicted octanol–water partition coefficient (Wildman–Crippen LogP) is 3.28. The van der Waals surface area contributed by atoms with Gasteiger partial charge >= 0.3 is 0 Å². The summed E-state index contributed by atoms with van der Waals surface area (Å²) in [4.78, 5) is 0. The van der Waals surface area contributed by atoms with Crippen molar-refractivity contribution in [2.24, 2.45) is 5.41 Å². The summed E-state index contributed by atoms with van der Waals surface area (Å²) in [5.41, 5.74) is -0.474. The summed E-state index contributed by atoms with van der Waals surface area (Å²) in [6.45, 7) is 3.88. The molecule has 1 aromatic rings. The lowest BCUT2D eigenvalue weighted by Gasteiger charge is -2.15. The summed E-state index contributed by atoms with van der Waals surface area (Å²) in [5, 5.41) is 8.76. The van der Waals surface area contributed by atoms with Crippen LogP contribution in [-0.4, -0.2) is 6.61 Å². The molecule has 0 spiro atoms. The van der Waals surface area contributed by atoms with Gasteiger partial charge in [0.15, 0.2) is 11.6 Å². The van der Waals surface area contributed by atoms with E-state index in [1.54, 1.807) is 13.8 Å². The minimum atomic E-state index is -0.933. The molecule has 0 saturated carbocycles. The first-order valence-corrected chi connectivity index (χ1v) is 4.94. The lowest BCUT2D eigenvalue weighted by atomic mass is 9.92. The van der Waals surface area contributed by atoms with E-state index in [1.807, 2.05) is 0 Å². The number of halogens is 2. The van der Waals surface area contributed by atoms with E-state index in [0.29, 0.717) is 13.0 Å². The summed E-state index contributed by atoms with van der Waals surface area (Å²) < 4.78 is 30.6. The lowest BCUT2D eigenvalue weighted by molar-refractivity contribution is 0.263. The van der Waals surface area contributed by atoms with E-state index in [1.165, 1.54) is 6.07 Å². The van der Waals surface area contributed by atoms with E-state index in [-0.39, 0.29) is 5.75 Å². The van der Waals surface area contributed by atoms with Crippen molar-refractivity contribution in [3.8, 4) is 11.8 Å². The number of hydrogen-bond donors (Lipinski definition) is 0. The van der Waals surface area contributed by atoms with Crippen molar-refractivity contribution in [1.29, 1.82) is 5.26 Å². The quantitative estimate of drug-likeness (QED) is 0.787. The molecule has 1 aromatic carbocycles. The zero-order valence-electron chi connectivity index (χ0n) is 9.26. The summed E-state index contributed by atoms with van der Waals surface area (Å²) in [6.07, 6.45) is 0.530. The molecule has 0 radical (unpaired) electrons. The van der Waals surface area contributed by atoms with Crippen LogP contribution in [-0.2, 0) is 0 Å². The van der Waals surface area contributed by atoms with Crippen molar-refractivity contribution < 1.29 is 13.5 Å². The van der Waals surface area contributed by atoms with Crippen molar-refractivity contribution in [1.82, 2.24) is 0 Å². The summed E-state index contributed by atoms with van der Waals surface area (Å²) in [7, 11) is 0. The Morgan fingerprint density at radius 2 is 2.00 bits per heavy atom.